The Labute approximate surface area is 71.6 Å². The zero-order valence-corrected chi connectivity index (χ0v) is 7.16. The van der Waals surface area contributed by atoms with Gasteiger partial charge in [0.1, 0.15) is 5.76 Å². The molecule has 68 valence electrons. The van der Waals surface area contributed by atoms with Crippen LogP contribution >= 0.6 is 0 Å². The Morgan fingerprint density at radius 3 is 3.08 bits per heavy atom. The summed E-state index contributed by atoms with van der Waals surface area (Å²) in [4.78, 5) is 3.78. The van der Waals surface area contributed by atoms with Gasteiger partial charge in [-0.25, -0.2) is 4.98 Å². The summed E-state index contributed by atoms with van der Waals surface area (Å²) in [6.45, 7) is 2.80. The molecule has 1 heterocycles. The Kier molecular flexibility index (Phi) is 3.76. The minimum absolute atomic E-state index is 0.148. The number of aromatic nitrogens is 1. The van der Waals surface area contributed by atoms with E-state index >= 15 is 0 Å². The predicted molar refractivity (Wildman–Crippen MR) is 44.5 cm³/mol. The summed E-state index contributed by atoms with van der Waals surface area (Å²) < 4.78 is 5.02. The lowest BCUT2D eigenvalue weighted by Gasteiger charge is -2.11. The fourth-order valence-corrected chi connectivity index (χ4v) is 0.912. The van der Waals surface area contributed by atoms with Crippen LogP contribution in [0.15, 0.2) is 17.0 Å². The van der Waals surface area contributed by atoms with Crippen molar-refractivity contribution in [3.05, 3.63) is 18.4 Å². The molecule has 4 heteroatoms. The largest absolute Gasteiger partial charge is 0.447 e. The van der Waals surface area contributed by atoms with Gasteiger partial charge in [-0.05, 0) is 6.42 Å². The maximum Gasteiger partial charge on any atom is 0.180 e. The van der Waals surface area contributed by atoms with E-state index in [1.807, 2.05) is 6.92 Å². The number of nitrogens with one attached hydrogen (secondary N) is 1. The Morgan fingerprint density at radius 2 is 2.58 bits per heavy atom. The summed E-state index contributed by atoms with van der Waals surface area (Å²) in [6.07, 6.45) is 3.97. The first-order valence-corrected chi connectivity index (χ1v) is 4.08. The number of hydrogen-bond donors (Lipinski definition) is 2. The van der Waals surface area contributed by atoms with E-state index in [1.54, 1.807) is 6.20 Å². The van der Waals surface area contributed by atoms with E-state index in [4.69, 9.17) is 9.52 Å². The maximum absolute atomic E-state index is 8.85. The Balaban J connectivity index is 2.25. The van der Waals surface area contributed by atoms with Gasteiger partial charge in [-0.15, -0.1) is 0 Å². The van der Waals surface area contributed by atoms with Gasteiger partial charge in [-0.3, -0.25) is 0 Å². The average Bonchev–Trinajstić information content (AvgIpc) is 2.59. The summed E-state index contributed by atoms with van der Waals surface area (Å²) in [5, 5.41) is 12.0. The second kappa shape index (κ2) is 4.90. The Hall–Kier alpha value is -0.870. The van der Waals surface area contributed by atoms with Crippen LogP contribution in [0.3, 0.4) is 0 Å². The summed E-state index contributed by atoms with van der Waals surface area (Å²) in [6, 6.07) is 0.148. The first kappa shape index (κ1) is 9.22. The van der Waals surface area contributed by atoms with E-state index in [1.165, 1.54) is 6.39 Å². The van der Waals surface area contributed by atoms with Crippen molar-refractivity contribution in [3.8, 4) is 0 Å². The highest BCUT2D eigenvalue weighted by molar-refractivity contribution is 4.87. The monoisotopic (exact) mass is 170 g/mol. The normalized spacial score (nSPS) is 13.2. The number of oxazole rings is 1. The second-order valence-corrected chi connectivity index (χ2v) is 2.64. The van der Waals surface area contributed by atoms with Gasteiger partial charge in [0.05, 0.1) is 19.3 Å². The van der Waals surface area contributed by atoms with Crippen LogP contribution in [0.2, 0.25) is 0 Å². The van der Waals surface area contributed by atoms with Gasteiger partial charge in [0.15, 0.2) is 6.39 Å². The number of hydrogen-bond acceptors (Lipinski definition) is 4. The predicted octanol–water partition coefficient (Wildman–Crippen LogP) is 0.535. The van der Waals surface area contributed by atoms with E-state index in [0.717, 1.165) is 12.2 Å². The fraction of sp³-hybridized carbons (Fsp3) is 0.625. The standard InChI is InChI=1S/C8H14N2O2/c1-2-7(5-11)10-4-8-3-9-6-12-8/h3,6-7,10-11H,2,4-5H2,1H3. The molecule has 0 spiro atoms. The highest BCUT2D eigenvalue weighted by atomic mass is 16.3. The van der Waals surface area contributed by atoms with Crippen LogP contribution in [0.1, 0.15) is 19.1 Å². The summed E-state index contributed by atoms with van der Waals surface area (Å²) in [5.74, 6) is 0.793. The molecule has 0 amide bonds. The highest BCUT2D eigenvalue weighted by Crippen LogP contribution is 1.97. The molecule has 0 aliphatic heterocycles. The van der Waals surface area contributed by atoms with E-state index in [-0.39, 0.29) is 12.6 Å². The molecule has 1 rings (SSSR count). The van der Waals surface area contributed by atoms with Crippen molar-refractivity contribution in [2.75, 3.05) is 6.61 Å². The molecule has 12 heavy (non-hydrogen) atoms. The summed E-state index contributed by atoms with van der Waals surface area (Å²) >= 11 is 0. The number of aliphatic hydroxyl groups is 1. The van der Waals surface area contributed by atoms with Gasteiger partial charge in [0, 0.05) is 6.04 Å². The molecular formula is C8H14N2O2. The van der Waals surface area contributed by atoms with Crippen LogP contribution in [0.5, 0.6) is 0 Å². The molecule has 1 unspecified atom stereocenters. The molecule has 2 N–H and O–H groups in total. The third kappa shape index (κ3) is 2.64. The first-order valence-electron chi connectivity index (χ1n) is 4.08. The van der Waals surface area contributed by atoms with Crippen LogP contribution < -0.4 is 5.32 Å². The van der Waals surface area contributed by atoms with Gasteiger partial charge in [-0.2, -0.15) is 0 Å². The molecule has 1 atom stereocenters. The number of nitrogens with zero attached hydrogens (tertiary/aromatic N) is 1. The van der Waals surface area contributed by atoms with Crippen LogP contribution in [0.25, 0.3) is 0 Å². The molecule has 0 radical (unpaired) electrons. The molecule has 4 nitrogen and oxygen atoms in total. The summed E-state index contributed by atoms with van der Waals surface area (Å²) in [7, 11) is 0. The first-order chi connectivity index (χ1) is 5.86. The lowest BCUT2D eigenvalue weighted by atomic mass is 10.2. The van der Waals surface area contributed by atoms with Crippen molar-refractivity contribution in [1.29, 1.82) is 0 Å². The Morgan fingerprint density at radius 1 is 1.75 bits per heavy atom. The number of rotatable bonds is 5. The third-order valence-corrected chi connectivity index (χ3v) is 1.76. The zero-order valence-electron chi connectivity index (χ0n) is 7.16. The van der Waals surface area contributed by atoms with Crippen molar-refractivity contribution in [3.63, 3.8) is 0 Å². The zero-order chi connectivity index (χ0) is 8.81. The molecular weight excluding hydrogens is 156 g/mol. The fourth-order valence-electron chi connectivity index (χ4n) is 0.912. The maximum atomic E-state index is 8.85. The lowest BCUT2D eigenvalue weighted by molar-refractivity contribution is 0.235. The summed E-state index contributed by atoms with van der Waals surface area (Å²) in [5.41, 5.74) is 0. The van der Waals surface area contributed by atoms with Crippen LogP contribution in [-0.4, -0.2) is 22.7 Å². The van der Waals surface area contributed by atoms with Crippen LogP contribution in [0, 0.1) is 0 Å². The smallest absolute Gasteiger partial charge is 0.180 e. The van der Waals surface area contributed by atoms with Gasteiger partial charge in [0.2, 0.25) is 0 Å². The lowest BCUT2D eigenvalue weighted by Crippen LogP contribution is -2.30. The van der Waals surface area contributed by atoms with Crippen LogP contribution in [-0.2, 0) is 6.54 Å². The molecule has 0 aliphatic rings. The third-order valence-electron chi connectivity index (χ3n) is 1.76. The molecule has 1 aromatic heterocycles. The van der Waals surface area contributed by atoms with Crippen molar-refractivity contribution in [2.24, 2.45) is 0 Å². The van der Waals surface area contributed by atoms with Crippen molar-refractivity contribution < 1.29 is 9.52 Å². The minimum Gasteiger partial charge on any atom is -0.447 e. The van der Waals surface area contributed by atoms with E-state index in [2.05, 4.69) is 10.3 Å². The van der Waals surface area contributed by atoms with Crippen LogP contribution in [0.4, 0.5) is 0 Å². The molecule has 0 fully saturated rings. The molecule has 1 aromatic rings. The molecule has 0 bridgehead atoms. The quantitative estimate of drug-likeness (QED) is 0.677. The van der Waals surface area contributed by atoms with Gasteiger partial charge in [-0.1, -0.05) is 6.92 Å². The van der Waals surface area contributed by atoms with E-state index in [9.17, 15) is 0 Å². The molecule has 0 aromatic carbocycles. The van der Waals surface area contributed by atoms with Gasteiger partial charge < -0.3 is 14.8 Å². The van der Waals surface area contributed by atoms with Gasteiger partial charge in [0.25, 0.3) is 0 Å². The highest BCUT2D eigenvalue weighted by Gasteiger charge is 2.03. The van der Waals surface area contributed by atoms with E-state index in [0.29, 0.717) is 6.54 Å². The number of aliphatic hydroxyl groups excluding tert-OH is 1. The molecule has 0 saturated heterocycles. The SMILES string of the molecule is CCC(CO)NCc1cnco1. The Bertz CT molecular complexity index is 195. The topological polar surface area (TPSA) is 58.3 Å². The average molecular weight is 170 g/mol. The van der Waals surface area contributed by atoms with Crippen molar-refractivity contribution >= 4 is 0 Å². The second-order valence-electron chi connectivity index (χ2n) is 2.64. The van der Waals surface area contributed by atoms with Crippen molar-refractivity contribution in [1.82, 2.24) is 10.3 Å². The van der Waals surface area contributed by atoms with Crippen molar-refractivity contribution in [2.45, 2.75) is 25.9 Å². The molecule has 0 aliphatic carbocycles. The minimum atomic E-state index is 0.148. The van der Waals surface area contributed by atoms with E-state index < -0.39 is 0 Å². The molecule has 0 saturated carbocycles. The van der Waals surface area contributed by atoms with Gasteiger partial charge >= 0.3 is 0 Å².